The predicted molar refractivity (Wildman–Crippen MR) is 75.0 cm³/mol. The van der Waals surface area contributed by atoms with E-state index in [-0.39, 0.29) is 12.5 Å². The lowest BCUT2D eigenvalue weighted by atomic mass is 10.2. The Labute approximate surface area is 116 Å². The Balaban J connectivity index is 2.31. The molecule has 0 radical (unpaired) electrons. The largest absolute Gasteiger partial charge is 0.459 e. The molecule has 6 heteroatoms. The molecule has 1 aromatic carbocycles. The van der Waals surface area contributed by atoms with Crippen LogP contribution in [-0.4, -0.2) is 21.4 Å². The molecule has 0 fully saturated rings. The van der Waals surface area contributed by atoms with E-state index in [0.29, 0.717) is 10.8 Å². The van der Waals surface area contributed by atoms with Crippen molar-refractivity contribution < 1.29 is 9.53 Å². The Bertz CT molecular complexity index is 629. The van der Waals surface area contributed by atoms with E-state index in [1.807, 2.05) is 20.8 Å². The lowest BCUT2D eigenvalue weighted by molar-refractivity contribution is -0.155. The van der Waals surface area contributed by atoms with Crippen molar-refractivity contribution in [1.29, 1.82) is 0 Å². The zero-order valence-corrected chi connectivity index (χ0v) is 11.9. The second-order valence-corrected chi connectivity index (χ2v) is 5.67. The number of hydrogen-bond acceptors (Lipinski definition) is 4. The van der Waals surface area contributed by atoms with E-state index in [4.69, 9.17) is 22.1 Å². The van der Waals surface area contributed by atoms with Crippen LogP contribution in [0.2, 0.25) is 5.15 Å². The van der Waals surface area contributed by atoms with E-state index < -0.39 is 5.60 Å². The predicted octanol–water partition coefficient (Wildman–Crippen LogP) is 2.61. The lowest BCUT2D eigenvalue weighted by Gasteiger charge is -2.19. The number of nitrogen functional groups attached to an aromatic ring is 1. The van der Waals surface area contributed by atoms with Gasteiger partial charge in [0.05, 0.1) is 5.52 Å². The first kappa shape index (κ1) is 13.7. The van der Waals surface area contributed by atoms with Crippen LogP contribution in [0.25, 0.3) is 10.9 Å². The molecule has 2 N–H and O–H groups in total. The monoisotopic (exact) mass is 281 g/mol. The van der Waals surface area contributed by atoms with Crippen molar-refractivity contribution in [1.82, 2.24) is 9.78 Å². The van der Waals surface area contributed by atoms with Crippen LogP contribution in [0, 0.1) is 0 Å². The molecule has 0 aliphatic rings. The normalized spacial score (nSPS) is 11.8. The van der Waals surface area contributed by atoms with Gasteiger partial charge < -0.3 is 10.5 Å². The summed E-state index contributed by atoms with van der Waals surface area (Å²) in [5, 5.41) is 5.24. The van der Waals surface area contributed by atoms with Crippen LogP contribution in [0.15, 0.2) is 18.2 Å². The molecule has 0 saturated carbocycles. The summed E-state index contributed by atoms with van der Waals surface area (Å²) in [5.41, 5.74) is 6.52. The second-order valence-electron chi connectivity index (χ2n) is 5.31. The molecule has 0 aliphatic heterocycles. The van der Waals surface area contributed by atoms with Crippen molar-refractivity contribution >= 4 is 34.2 Å². The molecule has 0 spiro atoms. The number of anilines is 1. The van der Waals surface area contributed by atoms with Gasteiger partial charge >= 0.3 is 5.97 Å². The maximum Gasteiger partial charge on any atom is 0.328 e. The van der Waals surface area contributed by atoms with Gasteiger partial charge in [-0.25, -0.2) is 0 Å². The van der Waals surface area contributed by atoms with E-state index in [0.717, 1.165) is 10.9 Å². The number of benzene rings is 1. The number of nitrogens with two attached hydrogens (primary N) is 1. The minimum Gasteiger partial charge on any atom is -0.459 e. The Morgan fingerprint density at radius 2 is 2.16 bits per heavy atom. The highest BCUT2D eigenvalue weighted by Crippen LogP contribution is 2.24. The maximum absolute atomic E-state index is 11.8. The Morgan fingerprint density at radius 1 is 1.47 bits per heavy atom. The number of fused-ring (bicyclic) bond motifs is 1. The molecule has 0 atom stereocenters. The van der Waals surface area contributed by atoms with Crippen LogP contribution in [0.1, 0.15) is 20.8 Å². The fraction of sp³-hybridized carbons (Fsp3) is 0.385. The van der Waals surface area contributed by atoms with Crippen LogP contribution < -0.4 is 5.73 Å². The van der Waals surface area contributed by atoms with Crippen molar-refractivity contribution in [3.8, 4) is 0 Å². The number of esters is 1. The van der Waals surface area contributed by atoms with E-state index in [9.17, 15) is 4.79 Å². The number of hydrogen-bond donors (Lipinski definition) is 1. The van der Waals surface area contributed by atoms with Crippen LogP contribution in [0.5, 0.6) is 0 Å². The summed E-state index contributed by atoms with van der Waals surface area (Å²) in [6.45, 7) is 5.45. The van der Waals surface area contributed by atoms with Crippen LogP contribution >= 0.6 is 11.6 Å². The molecule has 102 valence electrons. The standard InChI is InChI=1S/C13H16ClN3O2/c1-13(2,3)19-11(18)7-17-10-6-8(15)4-5-9(10)12(14)16-17/h4-6H,7,15H2,1-3H3. The molecule has 0 amide bonds. The molecule has 1 heterocycles. The quantitative estimate of drug-likeness (QED) is 0.678. The van der Waals surface area contributed by atoms with Gasteiger partial charge in [0.15, 0.2) is 5.15 Å². The van der Waals surface area contributed by atoms with Crippen molar-refractivity contribution in [2.45, 2.75) is 32.9 Å². The molecule has 0 unspecified atom stereocenters. The molecule has 0 bridgehead atoms. The Morgan fingerprint density at radius 3 is 2.79 bits per heavy atom. The molecular weight excluding hydrogens is 266 g/mol. The minimum atomic E-state index is -0.525. The number of carbonyl (C=O) groups excluding carboxylic acids is 1. The van der Waals surface area contributed by atoms with Gasteiger partial charge in [-0.15, -0.1) is 0 Å². The van der Waals surface area contributed by atoms with Crippen LogP contribution in [-0.2, 0) is 16.1 Å². The van der Waals surface area contributed by atoms with Gasteiger partial charge in [-0.3, -0.25) is 9.48 Å². The number of carbonyl (C=O) groups is 1. The smallest absolute Gasteiger partial charge is 0.328 e. The molecular formula is C13H16ClN3O2. The van der Waals surface area contributed by atoms with Gasteiger partial charge in [-0.1, -0.05) is 11.6 Å². The summed E-state index contributed by atoms with van der Waals surface area (Å²) in [6, 6.07) is 5.26. The SMILES string of the molecule is CC(C)(C)OC(=O)Cn1nc(Cl)c2ccc(N)cc21. The average Bonchev–Trinajstić information content (AvgIpc) is 2.52. The highest BCUT2D eigenvalue weighted by molar-refractivity contribution is 6.34. The zero-order chi connectivity index (χ0) is 14.2. The summed E-state index contributed by atoms with van der Waals surface area (Å²) in [5.74, 6) is -0.365. The fourth-order valence-corrected chi connectivity index (χ4v) is 2.02. The number of ether oxygens (including phenoxy) is 1. The van der Waals surface area contributed by atoms with Crippen molar-refractivity contribution in [3.63, 3.8) is 0 Å². The summed E-state index contributed by atoms with van der Waals surface area (Å²) in [4.78, 5) is 11.8. The summed E-state index contributed by atoms with van der Waals surface area (Å²) >= 11 is 6.02. The fourth-order valence-electron chi connectivity index (χ4n) is 1.77. The highest BCUT2D eigenvalue weighted by Gasteiger charge is 2.18. The molecule has 1 aromatic heterocycles. The first-order valence-corrected chi connectivity index (χ1v) is 6.27. The highest BCUT2D eigenvalue weighted by atomic mass is 35.5. The summed E-state index contributed by atoms with van der Waals surface area (Å²) < 4.78 is 6.76. The molecule has 0 aliphatic carbocycles. The average molecular weight is 282 g/mol. The van der Waals surface area contributed by atoms with Crippen molar-refractivity contribution in [2.75, 3.05) is 5.73 Å². The third kappa shape index (κ3) is 3.17. The molecule has 2 aromatic rings. The zero-order valence-electron chi connectivity index (χ0n) is 11.1. The number of rotatable bonds is 2. The van der Waals surface area contributed by atoms with Gasteiger partial charge in [-0.2, -0.15) is 5.10 Å². The molecule has 5 nitrogen and oxygen atoms in total. The van der Waals surface area contributed by atoms with E-state index in [1.165, 1.54) is 4.68 Å². The van der Waals surface area contributed by atoms with Crippen LogP contribution in [0.3, 0.4) is 0 Å². The summed E-state index contributed by atoms with van der Waals surface area (Å²) in [7, 11) is 0. The number of halogens is 1. The Hall–Kier alpha value is -1.75. The van der Waals surface area contributed by atoms with Gasteiger partial charge in [-0.05, 0) is 39.0 Å². The second kappa shape index (κ2) is 4.74. The molecule has 19 heavy (non-hydrogen) atoms. The Kier molecular flexibility index (Phi) is 3.41. The van der Waals surface area contributed by atoms with Crippen molar-refractivity contribution in [3.05, 3.63) is 23.4 Å². The van der Waals surface area contributed by atoms with Gasteiger partial charge in [0.1, 0.15) is 12.1 Å². The van der Waals surface area contributed by atoms with Gasteiger partial charge in [0.2, 0.25) is 0 Å². The minimum absolute atomic E-state index is 0.00391. The third-order valence-corrected chi connectivity index (χ3v) is 2.71. The van der Waals surface area contributed by atoms with Gasteiger partial charge in [0, 0.05) is 11.1 Å². The van der Waals surface area contributed by atoms with E-state index >= 15 is 0 Å². The third-order valence-electron chi connectivity index (χ3n) is 2.43. The van der Waals surface area contributed by atoms with Gasteiger partial charge in [0.25, 0.3) is 0 Å². The first-order valence-electron chi connectivity index (χ1n) is 5.90. The van der Waals surface area contributed by atoms with E-state index in [1.54, 1.807) is 18.2 Å². The first-order chi connectivity index (χ1) is 8.76. The molecule has 2 rings (SSSR count). The summed E-state index contributed by atoms with van der Waals surface area (Å²) in [6.07, 6.45) is 0. The number of aromatic nitrogens is 2. The topological polar surface area (TPSA) is 70.1 Å². The number of nitrogens with zero attached hydrogens (tertiary/aromatic N) is 2. The van der Waals surface area contributed by atoms with E-state index in [2.05, 4.69) is 5.10 Å². The lowest BCUT2D eigenvalue weighted by Crippen LogP contribution is -2.26. The maximum atomic E-state index is 11.8. The molecule has 0 saturated heterocycles. The van der Waals surface area contributed by atoms with Crippen molar-refractivity contribution in [2.24, 2.45) is 0 Å². The van der Waals surface area contributed by atoms with Crippen LogP contribution in [0.4, 0.5) is 5.69 Å².